The molecule has 2 amide bonds. The lowest BCUT2D eigenvalue weighted by molar-refractivity contribution is -0.129. The molecule has 1 atom stereocenters. The minimum atomic E-state index is 0.133. The molecule has 0 radical (unpaired) electrons. The molecule has 1 saturated carbocycles. The number of para-hydroxylation sites is 1. The Morgan fingerprint density at radius 1 is 1.21 bits per heavy atom. The maximum Gasteiger partial charge on any atom is 0.249 e. The fourth-order valence-electron chi connectivity index (χ4n) is 5.28. The molecule has 1 saturated heterocycles. The lowest BCUT2D eigenvalue weighted by Crippen LogP contribution is -2.41. The molecule has 2 fully saturated rings. The van der Waals surface area contributed by atoms with Crippen LogP contribution in [0.25, 0.3) is 10.9 Å². The number of hydrogen-bond donors (Lipinski definition) is 2. The first-order valence-corrected chi connectivity index (χ1v) is 11.0. The molecule has 2 heterocycles. The third-order valence-corrected chi connectivity index (χ3v) is 7.24. The van der Waals surface area contributed by atoms with Gasteiger partial charge in [0.2, 0.25) is 11.8 Å². The van der Waals surface area contributed by atoms with Crippen LogP contribution >= 0.6 is 0 Å². The number of nitrogens with one attached hydrogen (secondary N) is 2. The molecule has 5 heteroatoms. The molecule has 1 aromatic carbocycles. The van der Waals surface area contributed by atoms with E-state index in [-0.39, 0.29) is 23.1 Å². The van der Waals surface area contributed by atoms with Crippen LogP contribution in [0.1, 0.15) is 44.1 Å². The molecule has 5 rings (SSSR count). The number of benzene rings is 1. The Kier molecular flexibility index (Phi) is 4.69. The fourth-order valence-corrected chi connectivity index (χ4v) is 5.28. The summed E-state index contributed by atoms with van der Waals surface area (Å²) < 4.78 is 0. The van der Waals surface area contributed by atoms with E-state index < -0.39 is 0 Å². The molecule has 1 aliphatic heterocycles. The van der Waals surface area contributed by atoms with Crippen LogP contribution in [-0.2, 0) is 16.0 Å². The monoisotopic (exact) mass is 391 g/mol. The number of rotatable bonds is 5. The van der Waals surface area contributed by atoms with E-state index in [1.54, 1.807) is 0 Å². The van der Waals surface area contributed by atoms with Gasteiger partial charge < -0.3 is 15.2 Å². The number of likely N-dealkylation sites (tertiary alicyclic amines) is 1. The third-order valence-electron chi connectivity index (χ3n) is 7.24. The van der Waals surface area contributed by atoms with Gasteiger partial charge in [-0.3, -0.25) is 9.59 Å². The van der Waals surface area contributed by atoms with Gasteiger partial charge in [0.15, 0.2) is 0 Å². The van der Waals surface area contributed by atoms with Crippen molar-refractivity contribution < 1.29 is 9.59 Å². The van der Waals surface area contributed by atoms with Crippen molar-refractivity contribution in [1.82, 2.24) is 15.2 Å². The number of allylic oxidation sites excluding steroid dienone is 1. The Morgan fingerprint density at radius 3 is 2.83 bits per heavy atom. The van der Waals surface area contributed by atoms with E-state index in [0.29, 0.717) is 6.54 Å². The largest absolute Gasteiger partial charge is 0.361 e. The topological polar surface area (TPSA) is 65.2 Å². The molecule has 1 spiro atoms. The molecule has 2 aromatic rings. The van der Waals surface area contributed by atoms with Gasteiger partial charge in [-0.15, -0.1) is 0 Å². The summed E-state index contributed by atoms with van der Waals surface area (Å²) in [6.45, 7) is 2.27. The Morgan fingerprint density at radius 2 is 2.03 bits per heavy atom. The number of fused-ring (bicyclic) bond motifs is 1. The van der Waals surface area contributed by atoms with Crippen molar-refractivity contribution in [2.75, 3.05) is 19.6 Å². The highest BCUT2D eigenvalue weighted by molar-refractivity contribution is 5.94. The highest BCUT2D eigenvalue weighted by atomic mass is 16.2. The van der Waals surface area contributed by atoms with Gasteiger partial charge in [0.25, 0.3) is 0 Å². The van der Waals surface area contributed by atoms with Gasteiger partial charge in [0.1, 0.15) is 0 Å². The number of H-pyrrole nitrogens is 1. The van der Waals surface area contributed by atoms with E-state index in [1.165, 1.54) is 10.9 Å². The summed E-state index contributed by atoms with van der Waals surface area (Å²) in [5, 5.41) is 4.39. The first-order chi connectivity index (χ1) is 14.2. The van der Waals surface area contributed by atoms with Crippen molar-refractivity contribution in [2.45, 2.75) is 44.9 Å². The third kappa shape index (κ3) is 3.47. The average Bonchev–Trinajstić information content (AvgIpc) is 3.12. The predicted octanol–water partition coefficient (Wildman–Crippen LogP) is 3.57. The standard InChI is InChI=1S/C24H29N3O2/c28-22(25-12-9-18-16-26-21-8-4-3-7-19(18)21)20-15-24(20)10-13-27(14-11-24)23(29)17-5-1-2-6-17/h3-5,7-8,16,20,26H,1-2,6,9-15H2,(H,25,28). The number of carbonyl (C=O) groups excluding carboxylic acids is 2. The van der Waals surface area contributed by atoms with Crippen LogP contribution in [-0.4, -0.2) is 41.3 Å². The van der Waals surface area contributed by atoms with Crippen molar-refractivity contribution in [3.63, 3.8) is 0 Å². The van der Waals surface area contributed by atoms with Crippen molar-refractivity contribution in [3.8, 4) is 0 Å². The molecule has 1 aromatic heterocycles. The zero-order valence-electron chi connectivity index (χ0n) is 16.9. The van der Waals surface area contributed by atoms with Crippen LogP contribution in [0.2, 0.25) is 0 Å². The zero-order valence-corrected chi connectivity index (χ0v) is 16.9. The van der Waals surface area contributed by atoms with Crippen molar-refractivity contribution in [2.24, 2.45) is 11.3 Å². The molecular weight excluding hydrogens is 362 g/mol. The summed E-state index contributed by atoms with van der Waals surface area (Å²) >= 11 is 0. The van der Waals surface area contributed by atoms with Crippen LogP contribution in [0, 0.1) is 11.3 Å². The Hall–Kier alpha value is -2.56. The number of piperidine rings is 1. The second kappa shape index (κ2) is 7.36. The molecule has 2 N–H and O–H groups in total. The SMILES string of the molecule is O=C(NCCc1c[nH]c2ccccc12)C1CC12CCN(C(=O)C1=CCCC1)CC2. The van der Waals surface area contributed by atoms with Crippen LogP contribution in [0.15, 0.2) is 42.1 Å². The molecular formula is C24H29N3O2. The number of aromatic nitrogens is 1. The van der Waals surface area contributed by atoms with E-state index in [4.69, 9.17) is 0 Å². The number of aromatic amines is 1. The smallest absolute Gasteiger partial charge is 0.249 e. The molecule has 29 heavy (non-hydrogen) atoms. The Labute approximate surface area is 171 Å². The highest BCUT2D eigenvalue weighted by Gasteiger charge is 2.58. The Balaban J connectivity index is 1.10. The summed E-state index contributed by atoms with van der Waals surface area (Å²) in [5.41, 5.74) is 3.54. The molecule has 5 nitrogen and oxygen atoms in total. The summed E-state index contributed by atoms with van der Waals surface area (Å²) in [6.07, 6.45) is 11.0. The summed E-state index contributed by atoms with van der Waals surface area (Å²) in [4.78, 5) is 30.6. The summed E-state index contributed by atoms with van der Waals surface area (Å²) in [7, 11) is 0. The zero-order chi connectivity index (χ0) is 19.8. The van der Waals surface area contributed by atoms with Gasteiger partial charge in [-0.1, -0.05) is 24.3 Å². The summed E-state index contributed by atoms with van der Waals surface area (Å²) in [6, 6.07) is 8.27. The van der Waals surface area contributed by atoms with E-state index in [0.717, 1.165) is 69.1 Å². The highest BCUT2D eigenvalue weighted by Crippen LogP contribution is 2.59. The summed E-state index contributed by atoms with van der Waals surface area (Å²) in [5.74, 6) is 0.564. The van der Waals surface area contributed by atoms with Gasteiger partial charge in [-0.2, -0.15) is 0 Å². The quantitative estimate of drug-likeness (QED) is 0.818. The predicted molar refractivity (Wildman–Crippen MR) is 113 cm³/mol. The number of amides is 2. The maximum absolute atomic E-state index is 12.7. The average molecular weight is 392 g/mol. The molecule has 2 aliphatic carbocycles. The van der Waals surface area contributed by atoms with Crippen LogP contribution in [0.3, 0.4) is 0 Å². The van der Waals surface area contributed by atoms with Gasteiger partial charge >= 0.3 is 0 Å². The lowest BCUT2D eigenvalue weighted by atomic mass is 9.90. The van der Waals surface area contributed by atoms with Crippen molar-refractivity contribution in [1.29, 1.82) is 0 Å². The van der Waals surface area contributed by atoms with E-state index in [9.17, 15) is 9.59 Å². The van der Waals surface area contributed by atoms with Gasteiger partial charge in [-0.05, 0) is 62.0 Å². The molecule has 152 valence electrons. The second-order valence-corrected chi connectivity index (χ2v) is 8.93. The van der Waals surface area contributed by atoms with Crippen LogP contribution in [0.4, 0.5) is 0 Å². The second-order valence-electron chi connectivity index (χ2n) is 8.93. The Bertz CT molecular complexity index is 965. The van der Waals surface area contributed by atoms with Crippen LogP contribution < -0.4 is 5.32 Å². The fraction of sp³-hybridized carbons (Fsp3) is 0.500. The molecule has 3 aliphatic rings. The van der Waals surface area contributed by atoms with Crippen molar-refractivity contribution in [3.05, 3.63) is 47.7 Å². The maximum atomic E-state index is 12.7. The number of nitrogens with zero attached hydrogens (tertiary/aromatic N) is 1. The normalized spacial score (nSPS) is 22.7. The molecule has 1 unspecified atom stereocenters. The van der Waals surface area contributed by atoms with Crippen molar-refractivity contribution >= 4 is 22.7 Å². The minimum absolute atomic E-state index is 0.133. The minimum Gasteiger partial charge on any atom is -0.361 e. The van der Waals surface area contributed by atoms with E-state index >= 15 is 0 Å². The van der Waals surface area contributed by atoms with E-state index in [1.807, 2.05) is 23.2 Å². The van der Waals surface area contributed by atoms with Gasteiger partial charge in [0.05, 0.1) is 0 Å². The van der Waals surface area contributed by atoms with Gasteiger partial charge in [0, 0.05) is 48.2 Å². The van der Waals surface area contributed by atoms with E-state index in [2.05, 4.69) is 28.5 Å². The first-order valence-electron chi connectivity index (χ1n) is 11.0. The first kappa shape index (κ1) is 18.5. The van der Waals surface area contributed by atoms with Crippen LogP contribution in [0.5, 0.6) is 0 Å². The lowest BCUT2D eigenvalue weighted by Gasteiger charge is -2.33. The molecule has 0 bridgehead atoms. The number of carbonyl (C=O) groups is 2. The number of hydrogen-bond acceptors (Lipinski definition) is 2. The van der Waals surface area contributed by atoms with Gasteiger partial charge in [-0.25, -0.2) is 0 Å².